The van der Waals surface area contributed by atoms with Crippen LogP contribution in [0.15, 0.2) is 70.5 Å². The highest BCUT2D eigenvalue weighted by Crippen LogP contribution is 2.53. The van der Waals surface area contributed by atoms with E-state index in [2.05, 4.69) is 28.5 Å². The van der Waals surface area contributed by atoms with Gasteiger partial charge in [-0.1, -0.05) is 40.9 Å². The third-order valence-electron chi connectivity index (χ3n) is 4.88. The molecule has 1 aliphatic carbocycles. The quantitative estimate of drug-likeness (QED) is 0.295. The average Bonchev–Trinajstić information content (AvgIpc) is 3.47. The monoisotopic (exact) mass is 415 g/mol. The number of aromatic nitrogens is 1. The molecule has 0 amide bonds. The second-order valence-electron chi connectivity index (χ2n) is 6.90. The number of rotatable bonds is 7. The van der Waals surface area contributed by atoms with Crippen LogP contribution >= 0.6 is 23.2 Å². The first-order valence-corrected chi connectivity index (χ1v) is 9.87. The summed E-state index contributed by atoms with van der Waals surface area (Å²) in [5, 5.41) is 5.98. The van der Waals surface area contributed by atoms with Crippen LogP contribution in [0, 0.1) is 5.41 Å². The molecule has 1 aromatic heterocycles. The number of hydrazone groups is 1. The highest BCUT2D eigenvalue weighted by molar-refractivity contribution is 6.30. The maximum absolute atomic E-state index is 6.03. The summed E-state index contributed by atoms with van der Waals surface area (Å²) in [7, 11) is 0. The zero-order valence-corrected chi connectivity index (χ0v) is 17.7. The summed E-state index contributed by atoms with van der Waals surface area (Å²) in [6.07, 6.45) is 7.85. The lowest BCUT2D eigenvalue weighted by Crippen LogP contribution is -2.15. The van der Waals surface area contributed by atoms with Crippen molar-refractivity contribution in [2.24, 2.45) is 10.5 Å². The number of nitrogens with one attached hydrogen (secondary N) is 1. The first-order chi connectivity index (χ1) is 13.4. The number of anilines is 1. The van der Waals surface area contributed by atoms with Crippen molar-refractivity contribution in [3.05, 3.63) is 70.4 Å². The lowest BCUT2D eigenvalue weighted by molar-refractivity contribution is 0.482. The van der Waals surface area contributed by atoms with Crippen molar-refractivity contribution in [2.45, 2.75) is 33.6 Å². The summed E-state index contributed by atoms with van der Waals surface area (Å²) < 4.78 is 5.92. The smallest absolute Gasteiger partial charge is 0.189 e. The van der Waals surface area contributed by atoms with E-state index in [1.165, 1.54) is 5.57 Å². The van der Waals surface area contributed by atoms with Crippen molar-refractivity contribution >= 4 is 34.7 Å². The molecule has 1 aromatic carbocycles. The predicted octanol–water partition coefficient (Wildman–Crippen LogP) is 7.18. The number of pyridine rings is 1. The Balaban J connectivity index is 1.77. The number of hydrogen-bond donors (Lipinski definition) is 1. The molecular formula is C22H23Cl2N3O. The number of ether oxygens (including phenoxy) is 1. The SMILES string of the molecule is C/C(Cl)=C\C=C(/C)C1(/C(C)=N/Nc2ncccc2Oc2cccc(Cl)c2)CC1. The van der Waals surface area contributed by atoms with E-state index >= 15 is 0 Å². The van der Waals surface area contributed by atoms with Crippen LogP contribution in [0.5, 0.6) is 11.5 Å². The maximum Gasteiger partial charge on any atom is 0.189 e. The molecule has 1 fully saturated rings. The fraction of sp³-hybridized carbons (Fsp3) is 0.273. The molecule has 6 heteroatoms. The van der Waals surface area contributed by atoms with Crippen LogP contribution < -0.4 is 10.2 Å². The van der Waals surface area contributed by atoms with Crippen molar-refractivity contribution in [1.29, 1.82) is 0 Å². The summed E-state index contributed by atoms with van der Waals surface area (Å²) in [6, 6.07) is 10.9. The van der Waals surface area contributed by atoms with Gasteiger partial charge >= 0.3 is 0 Å². The molecule has 4 nitrogen and oxygen atoms in total. The lowest BCUT2D eigenvalue weighted by atomic mass is 9.92. The van der Waals surface area contributed by atoms with Crippen molar-refractivity contribution in [3.8, 4) is 11.5 Å². The van der Waals surface area contributed by atoms with Crippen LogP contribution in [-0.2, 0) is 0 Å². The molecular weight excluding hydrogens is 393 g/mol. The Morgan fingerprint density at radius 3 is 2.64 bits per heavy atom. The molecule has 28 heavy (non-hydrogen) atoms. The average molecular weight is 416 g/mol. The van der Waals surface area contributed by atoms with Gasteiger partial charge in [0.2, 0.25) is 0 Å². The van der Waals surface area contributed by atoms with Crippen LogP contribution in [0.1, 0.15) is 33.6 Å². The molecule has 0 bridgehead atoms. The summed E-state index contributed by atoms with van der Waals surface area (Å²) in [4.78, 5) is 4.36. The van der Waals surface area contributed by atoms with Crippen molar-refractivity contribution < 1.29 is 4.74 Å². The number of nitrogens with zero attached hydrogens (tertiary/aromatic N) is 2. The predicted molar refractivity (Wildman–Crippen MR) is 118 cm³/mol. The molecule has 146 valence electrons. The van der Waals surface area contributed by atoms with Gasteiger partial charge in [-0.3, -0.25) is 5.43 Å². The summed E-state index contributed by atoms with van der Waals surface area (Å²) in [5.41, 5.74) is 5.33. The van der Waals surface area contributed by atoms with Gasteiger partial charge in [0.15, 0.2) is 11.6 Å². The second kappa shape index (κ2) is 8.80. The number of halogens is 2. The normalized spacial score (nSPS) is 16.7. The third-order valence-corrected chi connectivity index (χ3v) is 5.25. The van der Waals surface area contributed by atoms with Crippen LogP contribution in [-0.4, -0.2) is 10.7 Å². The maximum atomic E-state index is 6.03. The Morgan fingerprint density at radius 1 is 1.18 bits per heavy atom. The number of hydrogen-bond acceptors (Lipinski definition) is 4. The molecule has 0 unspecified atom stereocenters. The van der Waals surface area contributed by atoms with Gasteiger partial charge in [-0.25, -0.2) is 4.98 Å². The minimum Gasteiger partial charge on any atom is -0.453 e. The number of allylic oxidation sites excluding steroid dienone is 4. The summed E-state index contributed by atoms with van der Waals surface area (Å²) in [5.74, 6) is 1.78. The first kappa shape index (κ1) is 20.4. The Morgan fingerprint density at radius 2 is 1.96 bits per heavy atom. The molecule has 1 heterocycles. The van der Waals surface area contributed by atoms with E-state index in [9.17, 15) is 0 Å². The van der Waals surface area contributed by atoms with Crippen LogP contribution in [0.3, 0.4) is 0 Å². The van der Waals surface area contributed by atoms with Gasteiger partial charge in [-0.15, -0.1) is 0 Å². The molecule has 2 aromatic rings. The molecule has 0 atom stereocenters. The van der Waals surface area contributed by atoms with E-state index in [1.54, 1.807) is 18.3 Å². The van der Waals surface area contributed by atoms with E-state index in [-0.39, 0.29) is 5.41 Å². The zero-order chi connectivity index (χ0) is 20.1. The molecule has 3 rings (SSSR count). The molecule has 1 saturated carbocycles. The zero-order valence-electron chi connectivity index (χ0n) is 16.2. The minimum atomic E-state index is -0.00139. The van der Waals surface area contributed by atoms with Crippen molar-refractivity contribution in [2.75, 3.05) is 5.43 Å². The number of benzene rings is 1. The molecule has 0 aliphatic heterocycles. The highest BCUT2D eigenvalue weighted by atomic mass is 35.5. The minimum absolute atomic E-state index is 0.00139. The molecule has 0 saturated heterocycles. The van der Waals surface area contributed by atoms with E-state index in [0.717, 1.165) is 23.6 Å². The van der Waals surface area contributed by atoms with Crippen LogP contribution in [0.25, 0.3) is 0 Å². The fourth-order valence-corrected chi connectivity index (χ4v) is 3.27. The highest BCUT2D eigenvalue weighted by Gasteiger charge is 2.46. The molecule has 1 aliphatic rings. The first-order valence-electron chi connectivity index (χ1n) is 9.11. The third kappa shape index (κ3) is 4.94. The van der Waals surface area contributed by atoms with Gasteiger partial charge in [0.25, 0.3) is 0 Å². The summed E-state index contributed by atoms with van der Waals surface area (Å²) in [6.45, 7) is 6.03. The van der Waals surface area contributed by atoms with Crippen LogP contribution in [0.4, 0.5) is 5.82 Å². The van der Waals surface area contributed by atoms with Crippen LogP contribution in [0.2, 0.25) is 5.02 Å². The van der Waals surface area contributed by atoms with Crippen molar-refractivity contribution in [3.63, 3.8) is 0 Å². The Labute approximate surface area is 175 Å². The lowest BCUT2D eigenvalue weighted by Gasteiger charge is -2.16. The van der Waals surface area contributed by atoms with E-state index < -0.39 is 0 Å². The van der Waals surface area contributed by atoms with Gasteiger partial charge in [0.05, 0.1) is 0 Å². The Kier molecular flexibility index (Phi) is 6.42. The standard InChI is InChI=1S/C22H23Cl2N3O/c1-15(9-10-16(2)23)22(11-12-22)17(3)26-27-21-20(8-5-13-25-21)28-19-7-4-6-18(24)14-19/h4-10,13-14H,11-12H2,1-3H3,(H,25,27)/b15-9+,16-10+,26-17+. The second-order valence-corrected chi connectivity index (χ2v) is 7.94. The van der Waals surface area contributed by atoms with E-state index in [0.29, 0.717) is 22.3 Å². The van der Waals surface area contributed by atoms with Gasteiger partial charge in [-0.05, 0) is 70.0 Å². The van der Waals surface area contributed by atoms with Gasteiger partial charge in [0, 0.05) is 27.4 Å². The van der Waals surface area contributed by atoms with Gasteiger partial charge < -0.3 is 4.74 Å². The Bertz CT molecular complexity index is 942. The van der Waals surface area contributed by atoms with Gasteiger partial charge in [0.1, 0.15) is 5.75 Å². The van der Waals surface area contributed by atoms with Crippen molar-refractivity contribution in [1.82, 2.24) is 4.98 Å². The molecule has 0 spiro atoms. The molecule has 0 radical (unpaired) electrons. The van der Waals surface area contributed by atoms with E-state index in [4.69, 9.17) is 27.9 Å². The molecule has 1 N–H and O–H groups in total. The van der Waals surface area contributed by atoms with Gasteiger partial charge in [-0.2, -0.15) is 5.10 Å². The summed E-state index contributed by atoms with van der Waals surface area (Å²) >= 11 is 12.0. The fourth-order valence-electron chi connectivity index (χ4n) is 3.02. The Hall–Kier alpha value is -2.30. The van der Waals surface area contributed by atoms with E-state index in [1.807, 2.05) is 44.2 Å². The largest absolute Gasteiger partial charge is 0.453 e. The topological polar surface area (TPSA) is 46.5 Å².